The summed E-state index contributed by atoms with van der Waals surface area (Å²) in [6.45, 7) is 0. The number of ether oxygens (including phenoxy) is 2. The summed E-state index contributed by atoms with van der Waals surface area (Å²) < 4.78 is 10.7. The van der Waals surface area contributed by atoms with Gasteiger partial charge in [-0.1, -0.05) is 11.6 Å². The highest BCUT2D eigenvalue weighted by atomic mass is 35.5. The predicted octanol–water partition coefficient (Wildman–Crippen LogP) is 4.27. The molecule has 18 heavy (non-hydrogen) atoms. The summed E-state index contributed by atoms with van der Waals surface area (Å²) in [5.41, 5.74) is 0.789. The topological polar surface area (TPSA) is 31.4 Å². The molecule has 5 heteroatoms. The number of methoxy groups -OCH3 is 1. The molecule has 0 amide bonds. The van der Waals surface area contributed by atoms with Crippen LogP contribution in [0.25, 0.3) is 0 Å². The second-order valence-electron chi connectivity index (χ2n) is 3.53. The van der Waals surface area contributed by atoms with Crippen LogP contribution in [0.1, 0.15) is 5.56 Å². The van der Waals surface area contributed by atoms with E-state index < -0.39 is 0 Å². The highest BCUT2D eigenvalue weighted by Crippen LogP contribution is 2.26. The van der Waals surface area contributed by atoms with E-state index in [1.807, 2.05) is 12.1 Å². The summed E-state index contributed by atoms with van der Waals surface area (Å²) in [4.78, 5) is 4.08. The number of halogens is 2. The van der Waals surface area contributed by atoms with Crippen molar-refractivity contribution in [1.82, 2.24) is 4.98 Å². The molecule has 0 unspecified atom stereocenters. The van der Waals surface area contributed by atoms with E-state index >= 15 is 0 Å². The molecule has 0 aliphatic heterocycles. The maximum absolute atomic E-state index is 5.92. The summed E-state index contributed by atoms with van der Waals surface area (Å²) in [7, 11) is 1.61. The lowest BCUT2D eigenvalue weighted by molar-refractivity contribution is 0.412. The third kappa shape index (κ3) is 3.06. The number of alkyl halides is 1. The third-order valence-corrected chi connectivity index (χ3v) is 2.96. The minimum atomic E-state index is 0.320. The summed E-state index contributed by atoms with van der Waals surface area (Å²) >= 11 is 11.7. The Balaban J connectivity index is 2.17. The molecule has 0 spiro atoms. The van der Waals surface area contributed by atoms with Crippen molar-refractivity contribution in [3.63, 3.8) is 0 Å². The molecule has 0 fully saturated rings. The second kappa shape index (κ2) is 5.94. The maximum Gasteiger partial charge on any atom is 0.219 e. The Morgan fingerprint density at radius 3 is 2.44 bits per heavy atom. The number of aromatic nitrogens is 1. The number of pyridine rings is 1. The van der Waals surface area contributed by atoms with Crippen LogP contribution in [0.3, 0.4) is 0 Å². The molecule has 0 atom stereocenters. The first-order valence-corrected chi connectivity index (χ1v) is 6.16. The highest BCUT2D eigenvalue weighted by Gasteiger charge is 2.04. The quantitative estimate of drug-likeness (QED) is 0.785. The van der Waals surface area contributed by atoms with E-state index in [1.54, 1.807) is 25.3 Å². The zero-order valence-corrected chi connectivity index (χ0v) is 11.2. The van der Waals surface area contributed by atoms with E-state index in [4.69, 9.17) is 32.7 Å². The van der Waals surface area contributed by atoms with Crippen molar-refractivity contribution in [1.29, 1.82) is 0 Å². The van der Waals surface area contributed by atoms with Gasteiger partial charge in [0.25, 0.3) is 0 Å². The van der Waals surface area contributed by atoms with Crippen LogP contribution in [-0.2, 0) is 5.88 Å². The van der Waals surface area contributed by atoms with Crippen molar-refractivity contribution < 1.29 is 9.47 Å². The van der Waals surface area contributed by atoms with Gasteiger partial charge in [-0.25, -0.2) is 4.98 Å². The predicted molar refractivity (Wildman–Crippen MR) is 71.9 cm³/mol. The first-order valence-electron chi connectivity index (χ1n) is 5.25. The Hall–Kier alpha value is -1.45. The first-order chi connectivity index (χ1) is 8.72. The van der Waals surface area contributed by atoms with Gasteiger partial charge in [0.05, 0.1) is 12.1 Å². The standard InChI is InChI=1S/C13H11Cl2NO2/c1-17-10-2-4-11(5-3-10)18-13-6-9(7-14)12(15)8-16-13/h2-6,8H,7H2,1H3. The Morgan fingerprint density at radius 1 is 1.17 bits per heavy atom. The van der Waals surface area contributed by atoms with Crippen molar-refractivity contribution in [2.45, 2.75) is 5.88 Å². The normalized spacial score (nSPS) is 10.2. The van der Waals surface area contributed by atoms with Crippen LogP contribution in [-0.4, -0.2) is 12.1 Å². The van der Waals surface area contributed by atoms with E-state index in [-0.39, 0.29) is 0 Å². The monoisotopic (exact) mass is 283 g/mol. The van der Waals surface area contributed by atoms with E-state index in [9.17, 15) is 0 Å². The Morgan fingerprint density at radius 2 is 1.83 bits per heavy atom. The van der Waals surface area contributed by atoms with Gasteiger partial charge in [0, 0.05) is 18.1 Å². The van der Waals surface area contributed by atoms with Crippen LogP contribution < -0.4 is 9.47 Å². The average Bonchev–Trinajstić information content (AvgIpc) is 2.42. The third-order valence-electron chi connectivity index (χ3n) is 2.34. The Kier molecular flexibility index (Phi) is 4.28. The molecule has 0 radical (unpaired) electrons. The van der Waals surface area contributed by atoms with E-state index in [1.165, 1.54) is 6.20 Å². The van der Waals surface area contributed by atoms with Gasteiger partial charge in [0.2, 0.25) is 5.88 Å². The molecule has 1 aromatic heterocycles. The van der Waals surface area contributed by atoms with Crippen molar-refractivity contribution in [2.75, 3.05) is 7.11 Å². The molecule has 0 aliphatic carbocycles. The van der Waals surface area contributed by atoms with E-state index in [0.717, 1.165) is 11.3 Å². The molecule has 0 saturated heterocycles. The first kappa shape index (κ1) is 13.0. The minimum absolute atomic E-state index is 0.320. The van der Waals surface area contributed by atoms with Gasteiger partial charge in [-0.15, -0.1) is 11.6 Å². The largest absolute Gasteiger partial charge is 0.497 e. The molecule has 0 bridgehead atoms. The second-order valence-corrected chi connectivity index (χ2v) is 4.20. The van der Waals surface area contributed by atoms with Crippen molar-refractivity contribution >= 4 is 23.2 Å². The van der Waals surface area contributed by atoms with E-state index in [2.05, 4.69) is 4.98 Å². The van der Waals surface area contributed by atoms with Crippen LogP contribution in [0.15, 0.2) is 36.5 Å². The molecule has 1 aromatic carbocycles. The lowest BCUT2D eigenvalue weighted by atomic mass is 10.3. The van der Waals surface area contributed by atoms with Gasteiger partial charge in [-0.05, 0) is 29.8 Å². The van der Waals surface area contributed by atoms with Gasteiger partial charge in [0.1, 0.15) is 11.5 Å². The molecular formula is C13H11Cl2NO2. The van der Waals surface area contributed by atoms with Crippen LogP contribution >= 0.6 is 23.2 Å². The SMILES string of the molecule is COc1ccc(Oc2cc(CCl)c(Cl)cn2)cc1. The van der Waals surface area contributed by atoms with Crippen molar-refractivity contribution in [3.05, 3.63) is 47.1 Å². The zero-order valence-electron chi connectivity index (χ0n) is 9.69. The summed E-state index contributed by atoms with van der Waals surface area (Å²) in [6, 6.07) is 8.95. The Bertz CT molecular complexity index is 529. The molecule has 3 nitrogen and oxygen atoms in total. The fraction of sp³-hybridized carbons (Fsp3) is 0.154. The van der Waals surface area contributed by atoms with Crippen LogP contribution in [0.4, 0.5) is 0 Å². The van der Waals surface area contributed by atoms with Gasteiger partial charge in [-0.2, -0.15) is 0 Å². The summed E-state index contributed by atoms with van der Waals surface area (Å²) in [5, 5.41) is 0.534. The number of hydrogen-bond acceptors (Lipinski definition) is 3. The number of nitrogens with zero attached hydrogens (tertiary/aromatic N) is 1. The minimum Gasteiger partial charge on any atom is -0.497 e. The van der Waals surface area contributed by atoms with Gasteiger partial charge >= 0.3 is 0 Å². The van der Waals surface area contributed by atoms with E-state index in [0.29, 0.717) is 22.5 Å². The zero-order chi connectivity index (χ0) is 13.0. The molecule has 0 aliphatic rings. The average molecular weight is 284 g/mol. The number of benzene rings is 1. The van der Waals surface area contributed by atoms with Gasteiger partial charge < -0.3 is 9.47 Å². The lowest BCUT2D eigenvalue weighted by Crippen LogP contribution is -1.91. The van der Waals surface area contributed by atoms with Gasteiger partial charge in [-0.3, -0.25) is 0 Å². The molecule has 2 rings (SSSR count). The molecule has 2 aromatic rings. The molecule has 0 saturated carbocycles. The van der Waals surface area contributed by atoms with Crippen molar-refractivity contribution in [3.8, 4) is 17.4 Å². The fourth-order valence-corrected chi connectivity index (χ4v) is 1.84. The maximum atomic E-state index is 5.92. The molecule has 94 valence electrons. The summed E-state index contributed by atoms with van der Waals surface area (Å²) in [6.07, 6.45) is 1.53. The van der Waals surface area contributed by atoms with Crippen LogP contribution in [0.5, 0.6) is 17.4 Å². The number of rotatable bonds is 4. The Labute approximate surface area is 115 Å². The molecule has 0 N–H and O–H groups in total. The fourth-order valence-electron chi connectivity index (χ4n) is 1.38. The number of hydrogen-bond donors (Lipinski definition) is 0. The van der Waals surface area contributed by atoms with Crippen molar-refractivity contribution in [2.24, 2.45) is 0 Å². The van der Waals surface area contributed by atoms with Crippen LogP contribution in [0, 0.1) is 0 Å². The molecular weight excluding hydrogens is 273 g/mol. The lowest BCUT2D eigenvalue weighted by Gasteiger charge is -2.07. The van der Waals surface area contributed by atoms with Gasteiger partial charge in [0.15, 0.2) is 0 Å². The highest BCUT2D eigenvalue weighted by molar-refractivity contribution is 6.32. The van der Waals surface area contributed by atoms with Crippen LogP contribution in [0.2, 0.25) is 5.02 Å². The smallest absolute Gasteiger partial charge is 0.219 e. The summed E-state index contributed by atoms with van der Waals surface area (Å²) in [5.74, 6) is 2.22. The molecule has 1 heterocycles.